The standard InChI is InChI=1S/C26H27FN4O3S/c1-18-7-9-23(17-24(18)27)35(33,34)29-22-6-4-5-20(16-22)26(32)28-21-8-10-25-19(15-21)11-12-31(25)14-13-30(2)3/h4-12,15-17,29H,13-14H2,1-3H3,(H,28,32). The van der Waals surface area contributed by atoms with Crippen LogP contribution < -0.4 is 10.0 Å². The van der Waals surface area contributed by atoms with Crippen LogP contribution in [0.2, 0.25) is 0 Å². The molecule has 4 aromatic rings. The van der Waals surface area contributed by atoms with Gasteiger partial charge in [-0.1, -0.05) is 12.1 Å². The van der Waals surface area contributed by atoms with Crippen LogP contribution in [0.3, 0.4) is 0 Å². The Morgan fingerprint density at radius 2 is 1.80 bits per heavy atom. The Bertz CT molecular complexity index is 1500. The molecule has 0 unspecified atom stereocenters. The summed E-state index contributed by atoms with van der Waals surface area (Å²) in [5.74, 6) is -0.982. The second-order valence-corrected chi connectivity index (χ2v) is 10.3. The Morgan fingerprint density at radius 1 is 1.00 bits per heavy atom. The zero-order valence-electron chi connectivity index (χ0n) is 19.7. The highest BCUT2D eigenvalue weighted by Gasteiger charge is 2.17. The minimum Gasteiger partial charge on any atom is -0.346 e. The van der Waals surface area contributed by atoms with Crippen LogP contribution >= 0.6 is 0 Å². The van der Waals surface area contributed by atoms with Crippen LogP contribution in [-0.4, -0.2) is 44.4 Å². The number of sulfonamides is 1. The lowest BCUT2D eigenvalue weighted by Gasteiger charge is -2.12. The number of aromatic nitrogens is 1. The summed E-state index contributed by atoms with van der Waals surface area (Å²) in [6.07, 6.45) is 2.02. The fourth-order valence-corrected chi connectivity index (χ4v) is 4.72. The Labute approximate surface area is 204 Å². The van der Waals surface area contributed by atoms with E-state index in [9.17, 15) is 17.6 Å². The summed E-state index contributed by atoms with van der Waals surface area (Å²) in [6.45, 7) is 3.33. The number of benzene rings is 3. The number of aryl methyl sites for hydroxylation is 1. The van der Waals surface area contributed by atoms with Crippen molar-refractivity contribution in [3.05, 3.63) is 89.9 Å². The maximum Gasteiger partial charge on any atom is 0.261 e. The molecule has 1 heterocycles. The second-order valence-electron chi connectivity index (χ2n) is 8.64. The number of carbonyl (C=O) groups excluding carboxylic acids is 1. The van der Waals surface area contributed by atoms with Gasteiger partial charge in [0, 0.05) is 47.1 Å². The van der Waals surface area contributed by atoms with Gasteiger partial charge in [0.1, 0.15) is 5.82 Å². The third-order valence-electron chi connectivity index (χ3n) is 5.65. The summed E-state index contributed by atoms with van der Waals surface area (Å²) in [6, 6.07) is 17.6. The largest absolute Gasteiger partial charge is 0.346 e. The molecule has 7 nitrogen and oxygen atoms in total. The van der Waals surface area contributed by atoms with Gasteiger partial charge in [0.25, 0.3) is 15.9 Å². The van der Waals surface area contributed by atoms with Crippen molar-refractivity contribution < 1.29 is 17.6 Å². The molecule has 0 spiro atoms. The van der Waals surface area contributed by atoms with E-state index in [1.165, 1.54) is 24.3 Å². The predicted molar refractivity (Wildman–Crippen MR) is 137 cm³/mol. The number of nitrogens with one attached hydrogen (secondary N) is 2. The van der Waals surface area contributed by atoms with Crippen LogP contribution in [0.4, 0.5) is 15.8 Å². The topological polar surface area (TPSA) is 83.4 Å². The lowest BCUT2D eigenvalue weighted by atomic mass is 10.1. The van der Waals surface area contributed by atoms with Crippen molar-refractivity contribution in [1.82, 2.24) is 9.47 Å². The monoisotopic (exact) mass is 494 g/mol. The van der Waals surface area contributed by atoms with Crippen LogP contribution in [0, 0.1) is 12.7 Å². The highest BCUT2D eigenvalue weighted by molar-refractivity contribution is 7.92. The first-order valence-electron chi connectivity index (χ1n) is 11.1. The van der Waals surface area contributed by atoms with Crippen molar-refractivity contribution in [3.63, 3.8) is 0 Å². The molecule has 182 valence electrons. The van der Waals surface area contributed by atoms with E-state index in [0.717, 1.165) is 30.1 Å². The van der Waals surface area contributed by atoms with Gasteiger partial charge in [-0.3, -0.25) is 9.52 Å². The maximum atomic E-state index is 13.8. The molecule has 0 fully saturated rings. The van der Waals surface area contributed by atoms with Crippen molar-refractivity contribution in [3.8, 4) is 0 Å². The molecule has 0 aliphatic heterocycles. The lowest BCUT2D eigenvalue weighted by Crippen LogP contribution is -2.17. The summed E-state index contributed by atoms with van der Waals surface area (Å²) in [5.41, 5.74) is 2.55. The van der Waals surface area contributed by atoms with Crippen molar-refractivity contribution in [2.75, 3.05) is 30.7 Å². The molecule has 3 aromatic carbocycles. The zero-order valence-corrected chi connectivity index (χ0v) is 20.6. The van der Waals surface area contributed by atoms with Crippen LogP contribution in [0.15, 0.2) is 77.8 Å². The number of hydrogen-bond acceptors (Lipinski definition) is 4. The first-order valence-corrected chi connectivity index (χ1v) is 12.5. The van der Waals surface area contributed by atoms with E-state index in [-0.39, 0.29) is 22.1 Å². The van der Waals surface area contributed by atoms with E-state index in [4.69, 9.17) is 0 Å². The van der Waals surface area contributed by atoms with Gasteiger partial charge in [0.2, 0.25) is 0 Å². The average Bonchev–Trinajstić information content (AvgIpc) is 3.21. The molecule has 35 heavy (non-hydrogen) atoms. The first-order chi connectivity index (χ1) is 16.6. The smallest absolute Gasteiger partial charge is 0.261 e. The molecule has 4 rings (SSSR count). The van der Waals surface area contributed by atoms with E-state index in [1.54, 1.807) is 19.1 Å². The molecule has 0 saturated carbocycles. The fraction of sp³-hybridized carbons (Fsp3) is 0.192. The molecule has 0 atom stereocenters. The number of nitrogens with zero attached hydrogens (tertiary/aromatic N) is 2. The molecular formula is C26H27FN4O3S. The predicted octanol–water partition coefficient (Wildman–Crippen LogP) is 4.70. The number of halogens is 1. The first kappa shape index (κ1) is 24.4. The van der Waals surface area contributed by atoms with Crippen LogP contribution in [0.25, 0.3) is 10.9 Å². The third-order valence-corrected chi connectivity index (χ3v) is 7.03. The summed E-state index contributed by atoms with van der Waals surface area (Å²) in [5, 5.41) is 3.87. The second kappa shape index (κ2) is 9.89. The zero-order chi connectivity index (χ0) is 25.2. The highest BCUT2D eigenvalue weighted by Crippen LogP contribution is 2.23. The molecule has 1 amide bonds. The number of carbonyl (C=O) groups is 1. The Balaban J connectivity index is 1.49. The number of hydrogen-bond donors (Lipinski definition) is 2. The van der Waals surface area contributed by atoms with E-state index >= 15 is 0 Å². The number of amides is 1. The average molecular weight is 495 g/mol. The number of anilines is 2. The van der Waals surface area contributed by atoms with Crippen molar-refractivity contribution >= 4 is 38.2 Å². The summed E-state index contributed by atoms with van der Waals surface area (Å²) >= 11 is 0. The molecule has 0 radical (unpaired) electrons. The van der Waals surface area contributed by atoms with Gasteiger partial charge < -0.3 is 14.8 Å². The van der Waals surface area contributed by atoms with Gasteiger partial charge in [-0.25, -0.2) is 12.8 Å². The number of likely N-dealkylation sites (N-methyl/N-ethyl adjacent to an activating group) is 1. The number of fused-ring (bicyclic) bond motifs is 1. The van der Waals surface area contributed by atoms with Crippen LogP contribution in [-0.2, 0) is 16.6 Å². The molecule has 0 bridgehead atoms. The van der Waals surface area contributed by atoms with Gasteiger partial charge in [-0.15, -0.1) is 0 Å². The van der Waals surface area contributed by atoms with Gasteiger partial charge in [0.15, 0.2) is 0 Å². The van der Waals surface area contributed by atoms with Crippen molar-refractivity contribution in [2.24, 2.45) is 0 Å². The highest BCUT2D eigenvalue weighted by atomic mass is 32.2. The SMILES string of the molecule is Cc1ccc(S(=O)(=O)Nc2cccc(C(=O)Nc3ccc4c(ccn4CCN(C)C)c3)c2)cc1F. The third kappa shape index (κ3) is 5.70. The van der Waals surface area contributed by atoms with E-state index < -0.39 is 15.8 Å². The van der Waals surface area contributed by atoms with Crippen molar-refractivity contribution in [2.45, 2.75) is 18.4 Å². The van der Waals surface area contributed by atoms with E-state index in [2.05, 4.69) is 19.5 Å². The molecule has 0 saturated heterocycles. The van der Waals surface area contributed by atoms with Gasteiger partial charge in [-0.2, -0.15) is 0 Å². The van der Waals surface area contributed by atoms with Gasteiger partial charge >= 0.3 is 0 Å². The minimum absolute atomic E-state index is 0.193. The Morgan fingerprint density at radius 3 is 2.54 bits per heavy atom. The molecule has 0 aliphatic rings. The Kier molecular flexibility index (Phi) is 6.90. The minimum atomic E-state index is -4.01. The maximum absolute atomic E-state index is 13.8. The molecular weight excluding hydrogens is 467 g/mol. The van der Waals surface area contributed by atoms with Gasteiger partial charge in [0.05, 0.1) is 4.90 Å². The van der Waals surface area contributed by atoms with Crippen molar-refractivity contribution in [1.29, 1.82) is 0 Å². The Hall–Kier alpha value is -3.69. The normalized spacial score (nSPS) is 11.7. The molecule has 0 aliphatic carbocycles. The number of rotatable bonds is 8. The van der Waals surface area contributed by atoms with E-state index in [0.29, 0.717) is 11.3 Å². The lowest BCUT2D eigenvalue weighted by molar-refractivity contribution is 0.102. The van der Waals surface area contributed by atoms with Crippen LogP contribution in [0.1, 0.15) is 15.9 Å². The fourth-order valence-electron chi connectivity index (χ4n) is 3.66. The molecule has 1 aromatic heterocycles. The summed E-state index contributed by atoms with van der Waals surface area (Å²) < 4.78 is 43.7. The summed E-state index contributed by atoms with van der Waals surface area (Å²) in [4.78, 5) is 14.8. The molecule has 2 N–H and O–H groups in total. The summed E-state index contributed by atoms with van der Waals surface area (Å²) in [7, 11) is 0.0454. The van der Waals surface area contributed by atoms with Gasteiger partial charge in [-0.05, 0) is 81.2 Å². The van der Waals surface area contributed by atoms with Crippen LogP contribution in [0.5, 0.6) is 0 Å². The molecule has 9 heteroatoms. The quantitative estimate of drug-likeness (QED) is 0.372. The van der Waals surface area contributed by atoms with E-state index in [1.807, 2.05) is 44.6 Å².